The highest BCUT2D eigenvalue weighted by atomic mass is 16.1. The lowest BCUT2D eigenvalue weighted by Gasteiger charge is -2.20. The van der Waals surface area contributed by atoms with Crippen LogP contribution in [0.25, 0.3) is 0 Å². The summed E-state index contributed by atoms with van der Waals surface area (Å²) in [6, 6.07) is 4.01. The molecule has 0 aliphatic heterocycles. The van der Waals surface area contributed by atoms with Crippen molar-refractivity contribution < 1.29 is 9.59 Å². The number of rotatable bonds is 4. The maximum atomic E-state index is 10.9. The molecule has 3 heteroatoms. The second-order valence-corrected chi connectivity index (χ2v) is 3.67. The molecule has 1 aromatic rings. The molecule has 0 saturated carbocycles. The molecule has 15 heavy (non-hydrogen) atoms. The summed E-state index contributed by atoms with van der Waals surface area (Å²) in [6.45, 7) is 6.00. The number of amides is 1. The number of carbonyl (C=O) groups excluding carboxylic acids is 2. The van der Waals surface area contributed by atoms with E-state index in [0.29, 0.717) is 6.41 Å². The summed E-state index contributed by atoms with van der Waals surface area (Å²) in [6.07, 6.45) is 1.42. The Balaban J connectivity index is 3.22. The zero-order valence-corrected chi connectivity index (χ0v) is 9.28. The third-order valence-electron chi connectivity index (χ3n) is 2.32. The number of anilines is 1. The first-order valence-corrected chi connectivity index (χ1v) is 4.83. The SMILES string of the molecule is Cc1cc(C)c(N(C=O)CC=O)c(C)c1. The summed E-state index contributed by atoms with van der Waals surface area (Å²) in [4.78, 5) is 22.7. The fourth-order valence-corrected chi connectivity index (χ4v) is 1.89. The van der Waals surface area contributed by atoms with Crippen LogP contribution in [-0.4, -0.2) is 19.2 Å². The van der Waals surface area contributed by atoms with Crippen molar-refractivity contribution >= 4 is 18.4 Å². The normalized spacial score (nSPS) is 9.80. The first-order valence-electron chi connectivity index (χ1n) is 4.83. The van der Waals surface area contributed by atoms with Gasteiger partial charge in [0.1, 0.15) is 6.29 Å². The van der Waals surface area contributed by atoms with Gasteiger partial charge >= 0.3 is 0 Å². The molecule has 0 heterocycles. The van der Waals surface area contributed by atoms with E-state index in [1.165, 1.54) is 4.90 Å². The van der Waals surface area contributed by atoms with Crippen molar-refractivity contribution in [1.82, 2.24) is 0 Å². The van der Waals surface area contributed by atoms with Gasteiger partial charge in [0.25, 0.3) is 0 Å². The van der Waals surface area contributed by atoms with Crippen molar-refractivity contribution in [2.75, 3.05) is 11.4 Å². The highest BCUT2D eigenvalue weighted by Gasteiger charge is 2.10. The Morgan fingerprint density at radius 1 is 1.13 bits per heavy atom. The molecule has 0 N–H and O–H groups in total. The summed E-state index contributed by atoms with van der Waals surface area (Å²) < 4.78 is 0. The first-order chi connectivity index (χ1) is 7.10. The Bertz CT molecular complexity index is 362. The minimum absolute atomic E-state index is 0.105. The molecule has 0 aliphatic rings. The van der Waals surface area contributed by atoms with Crippen LogP contribution in [0.2, 0.25) is 0 Å². The number of aldehydes is 1. The van der Waals surface area contributed by atoms with Crippen LogP contribution in [-0.2, 0) is 9.59 Å². The maximum absolute atomic E-state index is 10.9. The van der Waals surface area contributed by atoms with Gasteiger partial charge in [-0.3, -0.25) is 4.79 Å². The number of nitrogens with zero attached hydrogens (tertiary/aromatic N) is 1. The molecule has 3 nitrogen and oxygen atoms in total. The summed E-state index contributed by atoms with van der Waals surface area (Å²) in [5.41, 5.74) is 4.02. The Labute approximate surface area is 89.7 Å². The van der Waals surface area contributed by atoms with Crippen LogP contribution in [0.3, 0.4) is 0 Å². The highest BCUT2D eigenvalue weighted by molar-refractivity contribution is 5.83. The van der Waals surface area contributed by atoms with Gasteiger partial charge in [0.2, 0.25) is 6.41 Å². The second kappa shape index (κ2) is 4.73. The van der Waals surface area contributed by atoms with Gasteiger partial charge in [-0.1, -0.05) is 17.7 Å². The first kappa shape index (κ1) is 11.4. The van der Waals surface area contributed by atoms with E-state index in [1.807, 2.05) is 32.9 Å². The van der Waals surface area contributed by atoms with E-state index in [4.69, 9.17) is 0 Å². The van der Waals surface area contributed by atoms with Crippen LogP contribution in [0.15, 0.2) is 12.1 Å². The number of aryl methyl sites for hydroxylation is 3. The van der Waals surface area contributed by atoms with Crippen molar-refractivity contribution in [3.63, 3.8) is 0 Å². The largest absolute Gasteiger partial charge is 0.307 e. The average molecular weight is 205 g/mol. The Kier molecular flexibility index (Phi) is 3.61. The van der Waals surface area contributed by atoms with Gasteiger partial charge < -0.3 is 9.69 Å². The van der Waals surface area contributed by atoms with Crippen LogP contribution in [0.4, 0.5) is 5.69 Å². The lowest BCUT2D eigenvalue weighted by molar-refractivity contribution is -0.111. The molecule has 80 valence electrons. The van der Waals surface area contributed by atoms with Gasteiger partial charge in [-0.25, -0.2) is 0 Å². The standard InChI is InChI=1S/C12H15NO2/c1-9-6-10(2)12(11(3)7-9)13(8-15)4-5-14/h5-8H,4H2,1-3H3. The van der Waals surface area contributed by atoms with Crippen LogP contribution < -0.4 is 4.90 Å². The molecule has 0 radical (unpaired) electrons. The van der Waals surface area contributed by atoms with Crippen LogP contribution in [0.1, 0.15) is 16.7 Å². The van der Waals surface area contributed by atoms with Crippen molar-refractivity contribution in [1.29, 1.82) is 0 Å². The molecule has 1 amide bonds. The third-order valence-corrected chi connectivity index (χ3v) is 2.32. The summed E-state index contributed by atoms with van der Waals surface area (Å²) in [5.74, 6) is 0. The molecule has 0 fully saturated rings. The van der Waals surface area contributed by atoms with Gasteiger partial charge in [-0.05, 0) is 31.9 Å². The highest BCUT2D eigenvalue weighted by Crippen LogP contribution is 2.24. The minimum Gasteiger partial charge on any atom is -0.307 e. The second-order valence-electron chi connectivity index (χ2n) is 3.67. The molecule has 0 aliphatic carbocycles. The van der Waals surface area contributed by atoms with Crippen LogP contribution in [0.5, 0.6) is 0 Å². The average Bonchev–Trinajstić information content (AvgIpc) is 2.14. The summed E-state index contributed by atoms with van der Waals surface area (Å²) >= 11 is 0. The predicted octanol–water partition coefficient (Wildman–Crippen LogP) is 1.77. The molecule has 0 saturated heterocycles. The van der Waals surface area contributed by atoms with Crippen molar-refractivity contribution in [2.24, 2.45) is 0 Å². The third kappa shape index (κ3) is 2.43. The number of benzene rings is 1. The fraction of sp³-hybridized carbons (Fsp3) is 0.333. The maximum Gasteiger partial charge on any atom is 0.214 e. The molecular formula is C12H15NO2. The van der Waals surface area contributed by atoms with Gasteiger partial charge in [0.15, 0.2) is 0 Å². The summed E-state index contributed by atoms with van der Waals surface area (Å²) in [5, 5.41) is 0. The van der Waals surface area contributed by atoms with E-state index in [1.54, 1.807) is 0 Å². The Morgan fingerprint density at radius 2 is 1.67 bits per heavy atom. The molecule has 0 unspecified atom stereocenters. The Hall–Kier alpha value is -1.64. The molecule has 0 aromatic heterocycles. The Morgan fingerprint density at radius 3 is 2.07 bits per heavy atom. The fourth-order valence-electron chi connectivity index (χ4n) is 1.89. The van der Waals surface area contributed by atoms with E-state index >= 15 is 0 Å². The molecule has 0 bridgehead atoms. The van der Waals surface area contributed by atoms with Gasteiger partial charge in [0.05, 0.1) is 6.54 Å². The quantitative estimate of drug-likeness (QED) is 0.702. The number of hydrogen-bond acceptors (Lipinski definition) is 2. The van der Waals surface area contributed by atoms with Crippen molar-refractivity contribution in [3.8, 4) is 0 Å². The smallest absolute Gasteiger partial charge is 0.214 e. The lowest BCUT2D eigenvalue weighted by atomic mass is 10.0. The number of carbonyl (C=O) groups is 2. The minimum atomic E-state index is 0.105. The molecule has 0 atom stereocenters. The van der Waals surface area contributed by atoms with E-state index < -0.39 is 0 Å². The molecule has 0 spiro atoms. The zero-order chi connectivity index (χ0) is 11.4. The number of hydrogen-bond donors (Lipinski definition) is 0. The molecular weight excluding hydrogens is 190 g/mol. The van der Waals surface area contributed by atoms with E-state index in [0.717, 1.165) is 28.7 Å². The van der Waals surface area contributed by atoms with E-state index in [-0.39, 0.29) is 6.54 Å². The van der Waals surface area contributed by atoms with Crippen molar-refractivity contribution in [2.45, 2.75) is 20.8 Å². The van der Waals surface area contributed by atoms with E-state index in [9.17, 15) is 9.59 Å². The van der Waals surface area contributed by atoms with Gasteiger partial charge in [0, 0.05) is 5.69 Å². The van der Waals surface area contributed by atoms with Crippen molar-refractivity contribution in [3.05, 3.63) is 28.8 Å². The van der Waals surface area contributed by atoms with Crippen LogP contribution in [0, 0.1) is 20.8 Å². The monoisotopic (exact) mass is 205 g/mol. The topological polar surface area (TPSA) is 37.4 Å². The zero-order valence-electron chi connectivity index (χ0n) is 9.28. The summed E-state index contributed by atoms with van der Waals surface area (Å²) in [7, 11) is 0. The van der Waals surface area contributed by atoms with Gasteiger partial charge in [-0.15, -0.1) is 0 Å². The molecule has 1 aromatic carbocycles. The van der Waals surface area contributed by atoms with E-state index in [2.05, 4.69) is 0 Å². The van der Waals surface area contributed by atoms with Crippen LogP contribution >= 0.6 is 0 Å². The predicted molar refractivity (Wildman–Crippen MR) is 60.1 cm³/mol. The van der Waals surface area contributed by atoms with Gasteiger partial charge in [-0.2, -0.15) is 0 Å². The molecule has 1 rings (SSSR count). The lowest BCUT2D eigenvalue weighted by Crippen LogP contribution is -2.24.